The average Bonchev–Trinajstić information content (AvgIpc) is 3.10. The summed E-state index contributed by atoms with van der Waals surface area (Å²) in [6, 6.07) is 8.88. The molecule has 1 aliphatic heterocycles. The number of amides is 2. The Balaban J connectivity index is 1.52. The van der Waals surface area contributed by atoms with Crippen LogP contribution in [0, 0.1) is 0 Å². The van der Waals surface area contributed by atoms with E-state index in [4.69, 9.17) is 0 Å². The maximum absolute atomic E-state index is 12.2. The van der Waals surface area contributed by atoms with Crippen LogP contribution in [0.3, 0.4) is 0 Å². The third-order valence-corrected chi connectivity index (χ3v) is 6.13. The van der Waals surface area contributed by atoms with Crippen molar-refractivity contribution in [1.29, 1.82) is 0 Å². The topological polar surface area (TPSA) is 105 Å². The fraction of sp³-hybridized carbons (Fsp3) is 0.300. The van der Waals surface area contributed by atoms with Gasteiger partial charge in [-0.2, -0.15) is 0 Å². The molecule has 1 aliphatic rings. The van der Waals surface area contributed by atoms with Crippen molar-refractivity contribution in [3.05, 3.63) is 48.0 Å². The molecule has 0 aromatic heterocycles. The summed E-state index contributed by atoms with van der Waals surface area (Å²) in [5.41, 5.74) is 2.26. The Morgan fingerprint density at radius 2 is 1.81 bits per heavy atom. The highest BCUT2D eigenvalue weighted by molar-refractivity contribution is 7.89. The summed E-state index contributed by atoms with van der Waals surface area (Å²) in [5.74, 6) is -1.03. The SMILES string of the molecule is CC(=O)N1CCc2cc(NC(=O)CCNS(=O)(=O)c3ccc(OC(F)(F)F)cc3)ccc21. The molecule has 0 unspecified atom stereocenters. The molecule has 0 saturated carbocycles. The smallest absolute Gasteiger partial charge is 0.406 e. The fourth-order valence-electron chi connectivity index (χ4n) is 3.23. The van der Waals surface area contributed by atoms with Crippen molar-refractivity contribution in [3.63, 3.8) is 0 Å². The number of anilines is 2. The molecule has 0 bridgehead atoms. The number of carbonyl (C=O) groups excluding carboxylic acids is 2. The summed E-state index contributed by atoms with van der Waals surface area (Å²) in [6.45, 7) is 1.85. The van der Waals surface area contributed by atoms with Crippen LogP contribution in [0.2, 0.25) is 0 Å². The number of ether oxygens (including phenoxy) is 1. The normalized spacial score (nSPS) is 13.6. The van der Waals surface area contributed by atoms with E-state index in [2.05, 4.69) is 14.8 Å². The molecule has 0 fully saturated rings. The van der Waals surface area contributed by atoms with Gasteiger partial charge in [-0.25, -0.2) is 13.1 Å². The zero-order chi connectivity index (χ0) is 23.5. The maximum Gasteiger partial charge on any atom is 0.573 e. The number of alkyl halides is 3. The maximum atomic E-state index is 12.2. The molecule has 172 valence electrons. The van der Waals surface area contributed by atoms with Gasteiger partial charge in [-0.3, -0.25) is 9.59 Å². The first-order chi connectivity index (χ1) is 14.9. The molecule has 0 aliphatic carbocycles. The number of halogens is 3. The quantitative estimate of drug-likeness (QED) is 0.646. The number of fused-ring (bicyclic) bond motifs is 1. The van der Waals surface area contributed by atoms with Crippen LogP contribution in [-0.4, -0.2) is 39.7 Å². The van der Waals surface area contributed by atoms with Gasteiger partial charge in [0.05, 0.1) is 4.90 Å². The molecule has 8 nitrogen and oxygen atoms in total. The molecule has 2 aromatic carbocycles. The van der Waals surface area contributed by atoms with E-state index >= 15 is 0 Å². The van der Waals surface area contributed by atoms with Gasteiger partial charge in [0.1, 0.15) is 5.75 Å². The minimum Gasteiger partial charge on any atom is -0.406 e. The summed E-state index contributed by atoms with van der Waals surface area (Å²) in [7, 11) is -4.02. The van der Waals surface area contributed by atoms with E-state index in [1.807, 2.05) is 0 Å². The monoisotopic (exact) mass is 471 g/mol. The summed E-state index contributed by atoms with van der Waals surface area (Å²) in [5, 5.41) is 2.67. The van der Waals surface area contributed by atoms with E-state index in [1.165, 1.54) is 6.92 Å². The third kappa shape index (κ3) is 5.98. The van der Waals surface area contributed by atoms with Crippen molar-refractivity contribution < 1.29 is 35.9 Å². The fourth-order valence-corrected chi connectivity index (χ4v) is 4.26. The number of rotatable bonds is 7. The predicted octanol–water partition coefficient (Wildman–Crippen LogP) is 2.80. The van der Waals surface area contributed by atoms with Gasteiger partial charge in [-0.05, 0) is 54.4 Å². The Labute approximate surface area is 182 Å². The van der Waals surface area contributed by atoms with Crippen LogP contribution in [0.4, 0.5) is 24.5 Å². The Hall–Kier alpha value is -3.12. The standard InChI is InChI=1S/C20H20F3N3O5S/c1-13(27)26-11-9-14-12-15(2-7-18(14)26)25-19(28)8-10-24-32(29,30)17-5-3-16(4-6-17)31-20(21,22)23/h2-7,12,24H,8-11H2,1H3,(H,25,28). The van der Waals surface area contributed by atoms with Crippen LogP contribution in [0.1, 0.15) is 18.9 Å². The first-order valence-corrected chi connectivity index (χ1v) is 11.0. The van der Waals surface area contributed by atoms with E-state index in [-0.39, 0.29) is 23.8 Å². The lowest BCUT2D eigenvalue weighted by Gasteiger charge is -2.15. The molecule has 12 heteroatoms. The number of nitrogens with zero attached hydrogens (tertiary/aromatic N) is 1. The van der Waals surface area contributed by atoms with Crippen LogP contribution in [0.25, 0.3) is 0 Å². The molecule has 32 heavy (non-hydrogen) atoms. The molecular weight excluding hydrogens is 451 g/mol. The van der Waals surface area contributed by atoms with E-state index in [1.54, 1.807) is 23.1 Å². The molecule has 0 atom stereocenters. The van der Waals surface area contributed by atoms with Crippen LogP contribution < -0.4 is 19.7 Å². The summed E-state index contributed by atoms with van der Waals surface area (Å²) in [4.78, 5) is 25.1. The highest BCUT2D eigenvalue weighted by Crippen LogP contribution is 2.30. The average molecular weight is 471 g/mol. The molecular formula is C20H20F3N3O5S. The van der Waals surface area contributed by atoms with Crippen molar-refractivity contribution in [2.75, 3.05) is 23.3 Å². The second kappa shape index (κ2) is 9.17. The van der Waals surface area contributed by atoms with Crippen LogP contribution in [0.5, 0.6) is 5.75 Å². The van der Waals surface area contributed by atoms with E-state index in [0.717, 1.165) is 35.5 Å². The first-order valence-electron chi connectivity index (χ1n) is 9.51. The van der Waals surface area contributed by atoms with Gasteiger partial charge >= 0.3 is 6.36 Å². The Bertz CT molecular complexity index is 1120. The van der Waals surface area contributed by atoms with Gasteiger partial charge in [-0.15, -0.1) is 13.2 Å². The van der Waals surface area contributed by atoms with Gasteiger partial charge in [-0.1, -0.05) is 0 Å². The van der Waals surface area contributed by atoms with E-state index in [9.17, 15) is 31.2 Å². The van der Waals surface area contributed by atoms with E-state index in [0.29, 0.717) is 18.7 Å². The zero-order valence-corrected chi connectivity index (χ0v) is 17.7. The Morgan fingerprint density at radius 3 is 2.44 bits per heavy atom. The minimum atomic E-state index is -4.88. The number of nitrogens with one attached hydrogen (secondary N) is 2. The minimum absolute atomic E-state index is 0.0599. The highest BCUT2D eigenvalue weighted by Gasteiger charge is 2.31. The Kier molecular flexibility index (Phi) is 6.74. The summed E-state index contributed by atoms with van der Waals surface area (Å²) < 4.78 is 67.0. The van der Waals surface area contributed by atoms with Crippen LogP contribution >= 0.6 is 0 Å². The van der Waals surface area contributed by atoms with Gasteiger partial charge < -0.3 is 15.0 Å². The van der Waals surface area contributed by atoms with Crippen LogP contribution in [-0.2, 0) is 26.0 Å². The highest BCUT2D eigenvalue weighted by atomic mass is 32.2. The number of hydrogen-bond donors (Lipinski definition) is 2. The van der Waals surface area contributed by atoms with Gasteiger partial charge in [0.25, 0.3) is 0 Å². The largest absolute Gasteiger partial charge is 0.573 e. The summed E-state index contributed by atoms with van der Waals surface area (Å²) in [6.07, 6.45) is -4.37. The van der Waals surface area contributed by atoms with Gasteiger partial charge in [0, 0.05) is 37.8 Å². The number of benzene rings is 2. The van der Waals surface area contributed by atoms with Crippen molar-refractivity contribution in [2.45, 2.75) is 31.0 Å². The molecule has 2 N–H and O–H groups in total. The molecule has 0 spiro atoms. The van der Waals surface area contributed by atoms with Crippen molar-refractivity contribution in [1.82, 2.24) is 4.72 Å². The van der Waals surface area contributed by atoms with E-state index < -0.39 is 28.0 Å². The third-order valence-electron chi connectivity index (χ3n) is 4.65. The van der Waals surface area contributed by atoms with Crippen molar-refractivity contribution in [2.24, 2.45) is 0 Å². The second-order valence-corrected chi connectivity index (χ2v) is 8.75. The van der Waals surface area contributed by atoms with Gasteiger partial charge in [0.15, 0.2) is 0 Å². The zero-order valence-electron chi connectivity index (χ0n) is 16.9. The number of hydrogen-bond acceptors (Lipinski definition) is 5. The van der Waals surface area contributed by atoms with Crippen LogP contribution in [0.15, 0.2) is 47.4 Å². The van der Waals surface area contributed by atoms with Crippen molar-refractivity contribution in [3.8, 4) is 5.75 Å². The van der Waals surface area contributed by atoms with Gasteiger partial charge in [0.2, 0.25) is 21.8 Å². The first kappa shape index (κ1) is 23.5. The predicted molar refractivity (Wildman–Crippen MR) is 110 cm³/mol. The number of sulfonamides is 1. The van der Waals surface area contributed by atoms with Crippen molar-refractivity contribution >= 4 is 33.2 Å². The Morgan fingerprint density at radius 1 is 1.12 bits per heavy atom. The molecule has 1 heterocycles. The number of carbonyl (C=O) groups is 2. The lowest BCUT2D eigenvalue weighted by Crippen LogP contribution is -2.28. The molecule has 3 rings (SSSR count). The lowest BCUT2D eigenvalue weighted by atomic mass is 10.1. The second-order valence-electron chi connectivity index (χ2n) is 6.98. The summed E-state index contributed by atoms with van der Waals surface area (Å²) >= 11 is 0. The molecule has 2 amide bonds. The molecule has 0 radical (unpaired) electrons. The molecule has 2 aromatic rings. The molecule has 0 saturated heterocycles. The lowest BCUT2D eigenvalue weighted by molar-refractivity contribution is -0.274.